The smallest absolute Gasteiger partial charge is 0.221 e. The van der Waals surface area contributed by atoms with Gasteiger partial charge in [0, 0.05) is 6.42 Å². The molecule has 1 amide bonds. The van der Waals surface area contributed by atoms with Gasteiger partial charge in [-0.2, -0.15) is 0 Å². The molecular weight excluding hydrogens is 459 g/mol. The molecule has 3 rings (SSSR count). The van der Waals surface area contributed by atoms with Crippen molar-refractivity contribution in [2.75, 3.05) is 12.8 Å². The molecule has 0 bridgehead atoms. The molecule has 34 heavy (non-hydrogen) atoms. The number of ether oxygens (including phenoxy) is 1. The Kier molecular flexibility index (Phi) is 10.2. The van der Waals surface area contributed by atoms with Crippen molar-refractivity contribution in [3.8, 4) is 0 Å². The van der Waals surface area contributed by atoms with Gasteiger partial charge in [0.2, 0.25) is 5.91 Å². The Bertz CT molecular complexity index is 781. The van der Waals surface area contributed by atoms with E-state index in [1.807, 2.05) is 26.0 Å². The second kappa shape index (κ2) is 12.6. The molecule has 0 aromatic heterocycles. The van der Waals surface area contributed by atoms with Gasteiger partial charge in [-0.1, -0.05) is 26.0 Å². The van der Waals surface area contributed by atoms with E-state index in [2.05, 4.69) is 10.6 Å². The first kappa shape index (κ1) is 27.4. The number of aliphatic hydroxyl groups excluding tert-OH is 3. The third-order valence-corrected chi connectivity index (χ3v) is 7.94. The fourth-order valence-corrected chi connectivity index (χ4v) is 5.68. The number of halogens is 1. The van der Waals surface area contributed by atoms with Crippen molar-refractivity contribution in [1.29, 1.82) is 0 Å². The molecule has 192 valence electrons. The standard InChI is InChI=1S/C25H39FN2O5S/c1-14(2)18(24-22(31)21(30)23(32)25(33-24)34-3)12-20(29)28-19-11-16(13-27-19)6-4-5-15-7-9-17(26)10-8-15/h7-10,14,16,18-19,21-25,27,30-32H,4-6,11-13H2,1-3H3,(H,28,29). The molecule has 2 saturated heterocycles. The second-order valence-electron chi connectivity index (χ2n) is 9.94. The number of carbonyl (C=O) groups is 1. The maximum Gasteiger partial charge on any atom is 0.221 e. The highest BCUT2D eigenvalue weighted by atomic mass is 32.2. The molecule has 2 aliphatic heterocycles. The fraction of sp³-hybridized carbons (Fsp3) is 0.720. The Balaban J connectivity index is 1.46. The van der Waals surface area contributed by atoms with Gasteiger partial charge < -0.3 is 25.4 Å². The topological polar surface area (TPSA) is 111 Å². The van der Waals surface area contributed by atoms with Crippen LogP contribution in [0.25, 0.3) is 0 Å². The molecule has 0 radical (unpaired) electrons. The van der Waals surface area contributed by atoms with Gasteiger partial charge in [0.15, 0.2) is 0 Å². The molecule has 0 aliphatic carbocycles. The first-order chi connectivity index (χ1) is 16.2. The average molecular weight is 499 g/mol. The normalized spacial score (nSPS) is 32.6. The minimum Gasteiger partial charge on any atom is -0.388 e. The predicted octanol–water partition coefficient (Wildman–Crippen LogP) is 2.03. The highest BCUT2D eigenvalue weighted by Gasteiger charge is 2.47. The molecule has 2 fully saturated rings. The zero-order valence-electron chi connectivity index (χ0n) is 20.2. The van der Waals surface area contributed by atoms with E-state index < -0.39 is 29.9 Å². The third-order valence-electron chi connectivity index (χ3n) is 7.09. The number of rotatable bonds is 10. The first-order valence-corrected chi connectivity index (χ1v) is 13.5. The SMILES string of the molecule is CSC1OC(C(CC(=O)NC2CC(CCCc3ccc(F)cc3)CN2)C(C)C)C(O)C(O)C1O. The van der Waals surface area contributed by atoms with Crippen molar-refractivity contribution in [3.05, 3.63) is 35.6 Å². The van der Waals surface area contributed by atoms with Crippen molar-refractivity contribution in [1.82, 2.24) is 10.6 Å². The summed E-state index contributed by atoms with van der Waals surface area (Å²) in [5.41, 5.74) is 0.477. The van der Waals surface area contributed by atoms with Crippen LogP contribution in [-0.4, -0.2) is 70.0 Å². The van der Waals surface area contributed by atoms with Gasteiger partial charge in [0.25, 0.3) is 0 Å². The first-order valence-electron chi connectivity index (χ1n) is 12.2. The summed E-state index contributed by atoms with van der Waals surface area (Å²) in [5, 5.41) is 37.4. The molecule has 2 heterocycles. The molecule has 8 atom stereocenters. The van der Waals surface area contributed by atoms with E-state index in [-0.39, 0.29) is 36.1 Å². The number of amides is 1. The van der Waals surface area contributed by atoms with Crippen molar-refractivity contribution < 1.29 is 29.2 Å². The van der Waals surface area contributed by atoms with E-state index in [4.69, 9.17) is 4.74 Å². The fourth-order valence-electron chi connectivity index (χ4n) is 5.01. The summed E-state index contributed by atoms with van der Waals surface area (Å²) in [7, 11) is 0. The quantitative estimate of drug-likeness (QED) is 0.336. The average Bonchev–Trinajstić information content (AvgIpc) is 3.24. The maximum absolute atomic E-state index is 13.0. The van der Waals surface area contributed by atoms with E-state index in [0.29, 0.717) is 5.92 Å². The summed E-state index contributed by atoms with van der Waals surface area (Å²) in [5.74, 6) is -0.148. The number of hydrogen-bond acceptors (Lipinski definition) is 7. The number of aliphatic hydroxyl groups is 3. The number of aryl methyl sites for hydroxylation is 1. The molecule has 0 spiro atoms. The zero-order valence-corrected chi connectivity index (χ0v) is 21.0. The van der Waals surface area contributed by atoms with Gasteiger partial charge in [-0.3, -0.25) is 10.1 Å². The van der Waals surface area contributed by atoms with Gasteiger partial charge in [-0.25, -0.2) is 4.39 Å². The molecule has 1 aromatic carbocycles. The number of hydrogen-bond donors (Lipinski definition) is 5. The summed E-state index contributed by atoms with van der Waals surface area (Å²) >= 11 is 1.27. The van der Waals surface area contributed by atoms with Crippen LogP contribution >= 0.6 is 11.8 Å². The molecular formula is C25H39FN2O5S. The van der Waals surface area contributed by atoms with Crippen LogP contribution in [0.4, 0.5) is 4.39 Å². The van der Waals surface area contributed by atoms with Crippen molar-refractivity contribution in [2.45, 2.75) is 82.0 Å². The lowest BCUT2D eigenvalue weighted by atomic mass is 9.81. The van der Waals surface area contributed by atoms with Crippen LogP contribution in [0.3, 0.4) is 0 Å². The lowest BCUT2D eigenvalue weighted by molar-refractivity contribution is -0.215. The monoisotopic (exact) mass is 498 g/mol. The van der Waals surface area contributed by atoms with Crippen LogP contribution in [0.15, 0.2) is 24.3 Å². The number of carbonyl (C=O) groups excluding carboxylic acids is 1. The molecule has 1 aromatic rings. The van der Waals surface area contributed by atoms with Crippen LogP contribution in [0.1, 0.15) is 45.1 Å². The Morgan fingerprint density at radius 1 is 1.21 bits per heavy atom. The van der Waals surface area contributed by atoms with Crippen molar-refractivity contribution in [3.63, 3.8) is 0 Å². The third kappa shape index (κ3) is 7.15. The Morgan fingerprint density at radius 3 is 2.56 bits per heavy atom. The predicted molar refractivity (Wildman–Crippen MR) is 131 cm³/mol. The summed E-state index contributed by atoms with van der Waals surface area (Å²) in [4.78, 5) is 12.9. The maximum atomic E-state index is 13.0. The van der Waals surface area contributed by atoms with Gasteiger partial charge in [-0.15, -0.1) is 11.8 Å². The molecule has 5 N–H and O–H groups in total. The van der Waals surface area contributed by atoms with Crippen LogP contribution in [0.2, 0.25) is 0 Å². The number of benzene rings is 1. The van der Waals surface area contributed by atoms with E-state index >= 15 is 0 Å². The van der Waals surface area contributed by atoms with Crippen molar-refractivity contribution in [2.24, 2.45) is 17.8 Å². The Hall–Kier alpha value is -1.23. The van der Waals surface area contributed by atoms with E-state index in [9.17, 15) is 24.5 Å². The number of thioether (sulfide) groups is 1. The van der Waals surface area contributed by atoms with Gasteiger partial charge in [0.1, 0.15) is 29.6 Å². The van der Waals surface area contributed by atoms with E-state index in [0.717, 1.165) is 37.8 Å². The minimum atomic E-state index is -1.31. The summed E-state index contributed by atoms with van der Waals surface area (Å²) < 4.78 is 18.9. The lowest BCUT2D eigenvalue weighted by Crippen LogP contribution is -2.59. The molecule has 8 unspecified atom stereocenters. The molecule has 0 saturated carbocycles. The second-order valence-corrected chi connectivity index (χ2v) is 10.9. The van der Waals surface area contributed by atoms with Crippen LogP contribution in [-0.2, 0) is 16.0 Å². The molecule has 7 nitrogen and oxygen atoms in total. The van der Waals surface area contributed by atoms with Gasteiger partial charge >= 0.3 is 0 Å². The van der Waals surface area contributed by atoms with Crippen molar-refractivity contribution >= 4 is 17.7 Å². The molecule has 9 heteroatoms. The van der Waals surface area contributed by atoms with Gasteiger partial charge in [0.05, 0.1) is 12.3 Å². The van der Waals surface area contributed by atoms with Crippen LogP contribution in [0, 0.1) is 23.6 Å². The van der Waals surface area contributed by atoms with E-state index in [1.165, 1.54) is 23.9 Å². The Morgan fingerprint density at radius 2 is 1.91 bits per heavy atom. The zero-order chi connectivity index (χ0) is 24.8. The summed E-state index contributed by atoms with van der Waals surface area (Å²) in [6.45, 7) is 4.76. The van der Waals surface area contributed by atoms with Crippen LogP contribution in [0.5, 0.6) is 0 Å². The number of nitrogens with one attached hydrogen (secondary N) is 2. The highest BCUT2D eigenvalue weighted by Crippen LogP contribution is 2.34. The lowest BCUT2D eigenvalue weighted by Gasteiger charge is -2.44. The van der Waals surface area contributed by atoms with E-state index in [1.54, 1.807) is 6.26 Å². The van der Waals surface area contributed by atoms with Gasteiger partial charge in [-0.05, 0) is 73.9 Å². The highest BCUT2D eigenvalue weighted by molar-refractivity contribution is 7.99. The minimum absolute atomic E-state index is 0.0334. The summed E-state index contributed by atoms with van der Waals surface area (Å²) in [6.07, 6.45) is 1.16. The molecule has 2 aliphatic rings. The van der Waals surface area contributed by atoms with Crippen LogP contribution < -0.4 is 10.6 Å². The summed E-state index contributed by atoms with van der Waals surface area (Å²) in [6, 6.07) is 6.63. The Labute approximate surface area is 205 Å². The largest absolute Gasteiger partial charge is 0.388 e.